The second-order valence-corrected chi connectivity index (χ2v) is 22.3. The van der Waals surface area contributed by atoms with E-state index in [1.807, 2.05) is 11.3 Å². The van der Waals surface area contributed by atoms with Crippen molar-refractivity contribution in [1.82, 2.24) is 0 Å². The molecule has 5 heteroatoms. The molecule has 0 atom stereocenters. The van der Waals surface area contributed by atoms with Crippen molar-refractivity contribution >= 4 is 89.3 Å². The number of nitrogens with zero attached hydrogens (tertiary/aromatic N) is 3. The molecule has 11 rings (SSSR count). The van der Waals surface area contributed by atoms with E-state index in [4.69, 9.17) is 0 Å². The highest BCUT2D eigenvalue weighted by molar-refractivity contribution is 7.33. The third-order valence-electron chi connectivity index (χ3n) is 14.4. The summed E-state index contributed by atoms with van der Waals surface area (Å²) in [6.45, 7) is 18.6. The third-order valence-corrected chi connectivity index (χ3v) is 15.6. The number of benzene rings is 7. The van der Waals surface area contributed by atoms with E-state index in [1.54, 1.807) is 0 Å². The van der Waals surface area contributed by atoms with Crippen molar-refractivity contribution in [2.45, 2.75) is 98.3 Å². The van der Waals surface area contributed by atoms with Crippen molar-refractivity contribution < 1.29 is 0 Å². The highest BCUT2D eigenvalue weighted by Crippen LogP contribution is 2.51. The molecule has 338 valence electrons. The standard InChI is InChI=1S/C63H62BN3S/c1-9-10-20-43-27-31-49(32-28-43)66-56-37-42(2)38-57-59(56)64(61-60(66)51-34-29-46(63(6,7)8)40-58(51)68-61)53-35-33-50(65(47-23-16-12-17-24-47)48-25-18-13-19-26-48)41-55(53)67(57)54-36-30-45(62(3,4)5)39-52(54)44-21-14-11-15-22-44/h11-18,21-25,27-41H,9-10,19-20,26H2,1-8H3. The van der Waals surface area contributed by atoms with Gasteiger partial charge in [0.05, 0.1) is 11.4 Å². The Labute approximate surface area is 409 Å². The van der Waals surface area contributed by atoms with Crippen LogP contribution in [0, 0.1) is 6.92 Å². The van der Waals surface area contributed by atoms with Crippen LogP contribution in [0.1, 0.15) is 96.4 Å². The zero-order chi connectivity index (χ0) is 46.9. The first-order valence-corrected chi connectivity index (χ1v) is 25.6. The van der Waals surface area contributed by atoms with Crippen molar-refractivity contribution in [1.29, 1.82) is 0 Å². The van der Waals surface area contributed by atoms with Gasteiger partial charge in [-0.05, 0) is 155 Å². The average Bonchev–Trinajstić information content (AvgIpc) is 3.72. The van der Waals surface area contributed by atoms with Gasteiger partial charge in [-0.15, -0.1) is 11.3 Å². The predicted molar refractivity (Wildman–Crippen MR) is 297 cm³/mol. The number of allylic oxidation sites excluding steroid dienone is 4. The lowest BCUT2D eigenvalue weighted by atomic mass is 9.36. The summed E-state index contributed by atoms with van der Waals surface area (Å²) in [5.41, 5.74) is 21.5. The van der Waals surface area contributed by atoms with Crippen molar-refractivity contribution in [2.75, 3.05) is 14.7 Å². The van der Waals surface area contributed by atoms with Crippen LogP contribution in [0.4, 0.5) is 45.5 Å². The van der Waals surface area contributed by atoms with E-state index in [-0.39, 0.29) is 17.5 Å². The highest BCUT2D eigenvalue weighted by Gasteiger charge is 2.46. The van der Waals surface area contributed by atoms with Gasteiger partial charge >= 0.3 is 0 Å². The normalized spacial score (nSPS) is 14.2. The monoisotopic (exact) mass is 903 g/mol. The molecule has 0 saturated heterocycles. The van der Waals surface area contributed by atoms with E-state index >= 15 is 0 Å². The SMILES string of the molecule is CCCCc1ccc(N2c3cc(C)cc4c3B(c3ccc(N(C5=CC=CCC5)c5ccccc5)cc3N4c3ccc(C(C)(C)C)cc3-c3ccccc3)c3sc4cc(C(C)(C)C)ccc4c32)cc1. The first kappa shape index (κ1) is 44.0. The van der Waals surface area contributed by atoms with E-state index in [0.29, 0.717) is 0 Å². The number of hydrogen-bond acceptors (Lipinski definition) is 4. The minimum Gasteiger partial charge on any atom is -0.314 e. The summed E-state index contributed by atoms with van der Waals surface area (Å²) in [7, 11) is 0. The van der Waals surface area contributed by atoms with Gasteiger partial charge in [0, 0.05) is 60.2 Å². The maximum absolute atomic E-state index is 2.64. The van der Waals surface area contributed by atoms with Crippen LogP contribution >= 0.6 is 11.3 Å². The Morgan fingerprint density at radius 2 is 1.34 bits per heavy atom. The molecule has 2 aliphatic heterocycles. The van der Waals surface area contributed by atoms with Crippen molar-refractivity contribution in [3.05, 3.63) is 198 Å². The van der Waals surface area contributed by atoms with Gasteiger partial charge in [-0.3, -0.25) is 0 Å². The van der Waals surface area contributed by atoms with Crippen LogP contribution in [0.2, 0.25) is 0 Å². The molecule has 3 nitrogen and oxygen atoms in total. The highest BCUT2D eigenvalue weighted by atomic mass is 32.1. The number of aryl methyl sites for hydroxylation is 2. The largest absolute Gasteiger partial charge is 0.314 e. The Balaban J connectivity index is 1.23. The fraction of sp³-hybridized carbons (Fsp3) is 0.238. The minimum absolute atomic E-state index is 0.0162. The smallest absolute Gasteiger partial charge is 0.264 e. The van der Waals surface area contributed by atoms with Gasteiger partial charge < -0.3 is 14.7 Å². The summed E-state index contributed by atoms with van der Waals surface area (Å²) < 4.78 is 2.74. The molecule has 3 heterocycles. The fourth-order valence-corrected chi connectivity index (χ4v) is 12.2. The molecule has 0 amide bonds. The van der Waals surface area contributed by atoms with Gasteiger partial charge in [-0.1, -0.05) is 152 Å². The van der Waals surface area contributed by atoms with Crippen LogP contribution in [-0.4, -0.2) is 6.71 Å². The Kier molecular flexibility index (Phi) is 11.1. The molecule has 68 heavy (non-hydrogen) atoms. The molecule has 0 fully saturated rings. The van der Waals surface area contributed by atoms with Gasteiger partial charge in [0.25, 0.3) is 6.71 Å². The zero-order valence-corrected chi connectivity index (χ0v) is 41.8. The topological polar surface area (TPSA) is 9.72 Å². The summed E-state index contributed by atoms with van der Waals surface area (Å²) in [4.78, 5) is 7.75. The molecule has 0 saturated carbocycles. The molecule has 1 aliphatic carbocycles. The lowest BCUT2D eigenvalue weighted by Gasteiger charge is -2.44. The summed E-state index contributed by atoms with van der Waals surface area (Å²) in [5.74, 6) is 0. The van der Waals surface area contributed by atoms with Crippen LogP contribution in [0.15, 0.2) is 176 Å². The number of rotatable bonds is 9. The fourth-order valence-electron chi connectivity index (χ4n) is 10.8. The number of unbranched alkanes of at least 4 members (excludes halogenated alkanes) is 1. The molecule has 8 aromatic rings. The van der Waals surface area contributed by atoms with Crippen molar-refractivity contribution in [3.8, 4) is 11.1 Å². The quantitative estimate of drug-likeness (QED) is 0.134. The van der Waals surface area contributed by atoms with Crippen LogP contribution in [0.5, 0.6) is 0 Å². The molecular formula is C63H62BN3S. The number of fused-ring (bicyclic) bond motifs is 6. The van der Waals surface area contributed by atoms with Crippen LogP contribution in [0.25, 0.3) is 21.2 Å². The van der Waals surface area contributed by atoms with E-state index in [0.717, 1.165) is 24.9 Å². The van der Waals surface area contributed by atoms with Gasteiger partial charge in [0.15, 0.2) is 0 Å². The first-order chi connectivity index (χ1) is 32.9. The van der Waals surface area contributed by atoms with E-state index in [1.165, 1.54) is 118 Å². The van der Waals surface area contributed by atoms with Gasteiger partial charge in [0.1, 0.15) is 0 Å². The van der Waals surface area contributed by atoms with Crippen molar-refractivity contribution in [2.24, 2.45) is 0 Å². The molecule has 0 unspecified atom stereocenters. The summed E-state index contributed by atoms with van der Waals surface area (Å²) >= 11 is 1.99. The maximum Gasteiger partial charge on any atom is 0.264 e. The van der Waals surface area contributed by atoms with Gasteiger partial charge in [-0.2, -0.15) is 0 Å². The molecule has 0 bridgehead atoms. The van der Waals surface area contributed by atoms with E-state index < -0.39 is 0 Å². The molecule has 0 N–H and O–H groups in total. The number of thiophene rings is 1. The number of anilines is 8. The Hall–Kier alpha value is -6.56. The second kappa shape index (κ2) is 17.2. The summed E-state index contributed by atoms with van der Waals surface area (Å²) in [5, 5.41) is 1.32. The third kappa shape index (κ3) is 7.69. The lowest BCUT2D eigenvalue weighted by Crippen LogP contribution is -2.60. The predicted octanol–water partition coefficient (Wildman–Crippen LogP) is 16.3. The van der Waals surface area contributed by atoms with E-state index in [9.17, 15) is 0 Å². The molecular weight excluding hydrogens is 842 g/mol. The van der Waals surface area contributed by atoms with Gasteiger partial charge in [-0.25, -0.2) is 0 Å². The van der Waals surface area contributed by atoms with Crippen LogP contribution in [-0.2, 0) is 17.3 Å². The summed E-state index contributed by atoms with van der Waals surface area (Å²) in [6, 6.07) is 58.3. The first-order valence-electron chi connectivity index (χ1n) is 24.8. The van der Waals surface area contributed by atoms with Crippen LogP contribution in [0.3, 0.4) is 0 Å². The number of hydrogen-bond donors (Lipinski definition) is 0. The molecule has 7 aromatic carbocycles. The average molecular weight is 904 g/mol. The second-order valence-electron chi connectivity index (χ2n) is 21.3. The zero-order valence-electron chi connectivity index (χ0n) is 41.0. The number of para-hydroxylation sites is 1. The Morgan fingerprint density at radius 3 is 2.03 bits per heavy atom. The maximum atomic E-state index is 2.64. The Bertz CT molecular complexity index is 3260. The lowest BCUT2D eigenvalue weighted by molar-refractivity contribution is 0.590. The van der Waals surface area contributed by atoms with Gasteiger partial charge in [0.2, 0.25) is 0 Å². The van der Waals surface area contributed by atoms with E-state index in [2.05, 4.69) is 240 Å². The molecule has 1 aromatic heterocycles. The minimum atomic E-state index is -0.0298. The van der Waals surface area contributed by atoms with Crippen molar-refractivity contribution in [3.63, 3.8) is 0 Å². The van der Waals surface area contributed by atoms with Crippen LogP contribution < -0.4 is 30.4 Å². The molecule has 0 radical (unpaired) electrons. The summed E-state index contributed by atoms with van der Waals surface area (Å²) in [6.07, 6.45) is 12.3. The molecule has 3 aliphatic rings. The molecule has 0 spiro atoms. The Morgan fingerprint density at radius 1 is 0.647 bits per heavy atom.